The van der Waals surface area contributed by atoms with E-state index in [2.05, 4.69) is 15.5 Å². The van der Waals surface area contributed by atoms with E-state index < -0.39 is 0 Å². The lowest BCUT2D eigenvalue weighted by Gasteiger charge is -2.06. The highest BCUT2D eigenvalue weighted by atomic mass is 16.4. The van der Waals surface area contributed by atoms with Gasteiger partial charge in [0.2, 0.25) is 18.2 Å². The van der Waals surface area contributed by atoms with E-state index in [1.54, 1.807) is 33.4 Å². The zero-order chi connectivity index (χ0) is 19.5. The summed E-state index contributed by atoms with van der Waals surface area (Å²) in [7, 11) is 0. The van der Waals surface area contributed by atoms with Crippen LogP contribution in [0.25, 0.3) is 22.5 Å². The van der Waals surface area contributed by atoms with Gasteiger partial charge in [-0.05, 0) is 43.3 Å². The van der Waals surface area contributed by atoms with Gasteiger partial charge in [0, 0.05) is 30.8 Å². The number of hydrogen-bond acceptors (Lipinski definition) is 5. The lowest BCUT2D eigenvalue weighted by molar-refractivity contribution is -0.116. The number of fused-ring (bicyclic) bond motifs is 1. The number of nitrogens with one attached hydrogen (secondary N) is 1. The van der Waals surface area contributed by atoms with Gasteiger partial charge in [-0.3, -0.25) is 13.9 Å². The van der Waals surface area contributed by atoms with Gasteiger partial charge in [0.1, 0.15) is 0 Å². The summed E-state index contributed by atoms with van der Waals surface area (Å²) in [6, 6.07) is 14.7. The fourth-order valence-corrected chi connectivity index (χ4v) is 3.23. The third-order valence-corrected chi connectivity index (χ3v) is 4.58. The second-order valence-corrected chi connectivity index (χ2v) is 6.29. The van der Waals surface area contributed by atoms with Crippen molar-refractivity contribution < 1.29 is 9.21 Å². The van der Waals surface area contributed by atoms with Gasteiger partial charge < -0.3 is 9.73 Å². The van der Waals surface area contributed by atoms with Gasteiger partial charge in [0.05, 0.1) is 11.0 Å². The van der Waals surface area contributed by atoms with Crippen LogP contribution in [0.3, 0.4) is 0 Å². The summed E-state index contributed by atoms with van der Waals surface area (Å²) in [4.78, 5) is 25.0. The standard InChI is InChI=1S/C20H19N5O3/c1-2-24-16-5-3-4-6-17(16)25(20(24)27)12-11-18(26)22-15-9-7-14(8-10-15)19-23-21-13-28-19/h3-10,13H,2,11-12H2,1H3,(H,22,26). The number of aryl methyl sites for hydroxylation is 2. The second kappa shape index (κ2) is 7.51. The number of imidazole rings is 1. The molecule has 28 heavy (non-hydrogen) atoms. The molecule has 0 aliphatic carbocycles. The number of hydrogen-bond donors (Lipinski definition) is 1. The monoisotopic (exact) mass is 377 g/mol. The van der Waals surface area contributed by atoms with Crippen molar-refractivity contribution in [3.05, 3.63) is 65.4 Å². The Morgan fingerprint density at radius 3 is 2.43 bits per heavy atom. The van der Waals surface area contributed by atoms with Crippen LogP contribution >= 0.6 is 0 Å². The second-order valence-electron chi connectivity index (χ2n) is 6.29. The van der Waals surface area contributed by atoms with Crippen molar-refractivity contribution in [1.29, 1.82) is 0 Å². The highest BCUT2D eigenvalue weighted by Crippen LogP contribution is 2.19. The first-order valence-electron chi connectivity index (χ1n) is 9.02. The molecule has 8 heteroatoms. The van der Waals surface area contributed by atoms with Gasteiger partial charge in [-0.2, -0.15) is 0 Å². The van der Waals surface area contributed by atoms with E-state index in [1.165, 1.54) is 6.39 Å². The molecule has 4 aromatic rings. The van der Waals surface area contributed by atoms with Crippen LogP contribution < -0.4 is 11.0 Å². The van der Waals surface area contributed by atoms with Crippen molar-refractivity contribution in [3.63, 3.8) is 0 Å². The van der Waals surface area contributed by atoms with E-state index in [-0.39, 0.29) is 18.0 Å². The topological polar surface area (TPSA) is 95.0 Å². The summed E-state index contributed by atoms with van der Waals surface area (Å²) in [5, 5.41) is 10.3. The van der Waals surface area contributed by atoms with Crippen LogP contribution in [0.1, 0.15) is 13.3 Å². The van der Waals surface area contributed by atoms with Crippen LogP contribution in [0, 0.1) is 0 Å². The normalized spacial score (nSPS) is 11.0. The number of amides is 1. The molecule has 1 N–H and O–H groups in total. The van der Waals surface area contributed by atoms with Crippen molar-refractivity contribution in [2.75, 3.05) is 5.32 Å². The summed E-state index contributed by atoms with van der Waals surface area (Å²) in [6.07, 6.45) is 1.46. The summed E-state index contributed by atoms with van der Waals surface area (Å²) >= 11 is 0. The van der Waals surface area contributed by atoms with Crippen LogP contribution in [0.5, 0.6) is 0 Å². The van der Waals surface area contributed by atoms with E-state index >= 15 is 0 Å². The average Bonchev–Trinajstić information content (AvgIpc) is 3.33. The molecule has 0 spiro atoms. The van der Waals surface area contributed by atoms with Crippen molar-refractivity contribution in [2.24, 2.45) is 0 Å². The molecule has 0 aliphatic heterocycles. The Labute approximate surface area is 160 Å². The summed E-state index contributed by atoms with van der Waals surface area (Å²) in [6.45, 7) is 2.84. The minimum absolute atomic E-state index is 0.0968. The van der Waals surface area contributed by atoms with E-state index in [4.69, 9.17) is 4.42 Å². The van der Waals surface area contributed by atoms with Crippen molar-refractivity contribution in [3.8, 4) is 11.5 Å². The van der Waals surface area contributed by atoms with Gasteiger partial charge in [0.25, 0.3) is 0 Å². The molecule has 0 fully saturated rings. The molecule has 0 bridgehead atoms. The van der Waals surface area contributed by atoms with Crippen LogP contribution in [0.15, 0.2) is 64.1 Å². The number of carbonyl (C=O) groups excluding carboxylic acids is 1. The predicted octanol–water partition coefficient (Wildman–Crippen LogP) is 2.90. The maximum Gasteiger partial charge on any atom is 0.329 e. The fraction of sp³-hybridized carbons (Fsp3) is 0.200. The Hall–Kier alpha value is -3.68. The molecular formula is C20H19N5O3. The van der Waals surface area contributed by atoms with Crippen LogP contribution in [-0.2, 0) is 17.9 Å². The van der Waals surface area contributed by atoms with E-state index in [0.717, 1.165) is 16.6 Å². The molecule has 2 heterocycles. The maximum atomic E-state index is 12.6. The van der Waals surface area contributed by atoms with Gasteiger partial charge in [0.15, 0.2) is 0 Å². The summed E-state index contributed by atoms with van der Waals surface area (Å²) in [5.74, 6) is 0.260. The lowest BCUT2D eigenvalue weighted by Crippen LogP contribution is -2.25. The molecule has 0 radical (unpaired) electrons. The zero-order valence-corrected chi connectivity index (χ0v) is 15.3. The average molecular weight is 377 g/mol. The van der Waals surface area contributed by atoms with Gasteiger partial charge in [-0.15, -0.1) is 10.2 Å². The molecule has 2 aromatic carbocycles. The quantitative estimate of drug-likeness (QED) is 0.557. The molecule has 0 aliphatic rings. The Bertz CT molecular complexity index is 1160. The Morgan fingerprint density at radius 1 is 1.07 bits per heavy atom. The van der Waals surface area contributed by atoms with Crippen molar-refractivity contribution in [1.82, 2.24) is 19.3 Å². The minimum Gasteiger partial charge on any atom is -0.423 e. The molecule has 8 nitrogen and oxygen atoms in total. The molecule has 2 aromatic heterocycles. The Morgan fingerprint density at radius 2 is 1.79 bits per heavy atom. The molecule has 1 amide bonds. The van der Waals surface area contributed by atoms with Gasteiger partial charge in [-0.25, -0.2) is 4.79 Å². The number of anilines is 1. The summed E-state index contributed by atoms with van der Waals surface area (Å²) < 4.78 is 8.50. The Balaban J connectivity index is 1.45. The molecular weight excluding hydrogens is 358 g/mol. The molecule has 0 saturated carbocycles. The number of para-hydroxylation sites is 2. The molecule has 142 valence electrons. The number of carbonyl (C=O) groups is 1. The number of benzene rings is 2. The number of rotatable bonds is 6. The van der Waals surface area contributed by atoms with Gasteiger partial charge in [-0.1, -0.05) is 12.1 Å². The lowest BCUT2D eigenvalue weighted by atomic mass is 10.2. The molecule has 0 unspecified atom stereocenters. The Kier molecular flexibility index (Phi) is 4.76. The third kappa shape index (κ3) is 3.32. The minimum atomic E-state index is -0.161. The third-order valence-electron chi connectivity index (χ3n) is 4.58. The van der Waals surface area contributed by atoms with E-state index in [9.17, 15) is 9.59 Å². The largest absolute Gasteiger partial charge is 0.423 e. The SMILES string of the molecule is CCn1c(=O)n(CCC(=O)Nc2ccc(-c3nnco3)cc2)c2ccccc21. The van der Waals surface area contributed by atoms with Crippen LogP contribution in [-0.4, -0.2) is 25.2 Å². The van der Waals surface area contributed by atoms with E-state index in [0.29, 0.717) is 24.7 Å². The fourth-order valence-electron chi connectivity index (χ4n) is 3.23. The van der Waals surface area contributed by atoms with E-state index in [1.807, 2.05) is 31.2 Å². The zero-order valence-electron chi connectivity index (χ0n) is 15.3. The van der Waals surface area contributed by atoms with Gasteiger partial charge >= 0.3 is 5.69 Å². The molecule has 0 atom stereocenters. The predicted molar refractivity (Wildman–Crippen MR) is 105 cm³/mol. The first kappa shape index (κ1) is 17.7. The first-order valence-corrected chi connectivity index (χ1v) is 9.02. The highest BCUT2D eigenvalue weighted by Gasteiger charge is 2.13. The maximum absolute atomic E-state index is 12.6. The molecule has 4 rings (SSSR count). The van der Waals surface area contributed by atoms with Crippen LogP contribution in [0.2, 0.25) is 0 Å². The number of nitrogens with zero attached hydrogens (tertiary/aromatic N) is 4. The summed E-state index contributed by atoms with van der Waals surface area (Å²) in [5.41, 5.74) is 3.06. The van der Waals surface area contributed by atoms with Crippen molar-refractivity contribution >= 4 is 22.6 Å². The van der Waals surface area contributed by atoms with Crippen LogP contribution in [0.4, 0.5) is 5.69 Å². The van der Waals surface area contributed by atoms with Crippen molar-refractivity contribution in [2.45, 2.75) is 26.4 Å². The first-order chi connectivity index (χ1) is 13.7. The highest BCUT2D eigenvalue weighted by molar-refractivity contribution is 5.91. The smallest absolute Gasteiger partial charge is 0.329 e. The number of aromatic nitrogens is 4. The molecule has 0 saturated heterocycles.